The highest BCUT2D eigenvalue weighted by Crippen LogP contribution is 2.15. The van der Waals surface area contributed by atoms with Crippen molar-refractivity contribution in [3.63, 3.8) is 0 Å². The number of benzene rings is 1. The number of nitrogens with zero attached hydrogens (tertiary/aromatic N) is 1. The van der Waals surface area contributed by atoms with Gasteiger partial charge in [0.05, 0.1) is 0 Å². The third kappa shape index (κ3) is 3.07. The van der Waals surface area contributed by atoms with Gasteiger partial charge in [0.1, 0.15) is 10.8 Å². The van der Waals surface area contributed by atoms with Crippen LogP contribution in [0.15, 0.2) is 30.3 Å². The van der Waals surface area contributed by atoms with Crippen LogP contribution in [0.3, 0.4) is 0 Å². The molecule has 0 atom stereocenters. The summed E-state index contributed by atoms with van der Waals surface area (Å²) in [5.41, 5.74) is 3.82. The summed E-state index contributed by atoms with van der Waals surface area (Å²) in [4.78, 5) is 16.4. The number of aromatic nitrogens is 1. The highest BCUT2D eigenvalue weighted by molar-refractivity contribution is 6.60. The Labute approximate surface area is 134 Å². The topological polar surface area (TPSA) is 59.4 Å². The zero-order chi connectivity index (χ0) is 15.7. The third-order valence-electron chi connectivity index (χ3n) is 3.81. The summed E-state index contributed by atoms with van der Waals surface area (Å²) < 4.78 is 5.22. The number of aryl methyl sites for hydroxylation is 1. The molecule has 0 amide bonds. The highest BCUT2D eigenvalue weighted by atomic mass is 35.5. The van der Waals surface area contributed by atoms with E-state index < -0.39 is 7.12 Å². The molecule has 1 aliphatic heterocycles. The first-order chi connectivity index (χ1) is 10.5. The molecule has 1 aromatic heterocycles. The number of Topliss-reactive ketones (excluding diaryl/α,β-unsaturated/α-hetero) is 1. The van der Waals surface area contributed by atoms with Crippen molar-refractivity contribution in [2.24, 2.45) is 0 Å². The van der Waals surface area contributed by atoms with Gasteiger partial charge >= 0.3 is 7.12 Å². The maximum absolute atomic E-state index is 12.3. The van der Waals surface area contributed by atoms with Gasteiger partial charge in [-0.2, -0.15) is 0 Å². The number of carbonyl (C=O) groups excluding carboxylic acids is 1. The zero-order valence-corrected chi connectivity index (χ0v) is 12.9. The molecule has 1 aromatic carbocycles. The number of hydrogen-bond acceptors (Lipinski definition) is 4. The number of pyridine rings is 1. The molecule has 1 aliphatic rings. The fraction of sp³-hybridized carbons (Fsp3) is 0.250. The Balaban J connectivity index is 1.82. The van der Waals surface area contributed by atoms with E-state index in [0.717, 1.165) is 28.6 Å². The second-order valence-electron chi connectivity index (χ2n) is 5.41. The molecule has 2 aromatic rings. The molecule has 2 heterocycles. The molecule has 0 saturated carbocycles. The molecule has 0 saturated heterocycles. The van der Waals surface area contributed by atoms with Crippen molar-refractivity contribution in [2.45, 2.75) is 19.8 Å². The van der Waals surface area contributed by atoms with Crippen molar-refractivity contribution in [1.29, 1.82) is 0 Å². The number of ketones is 1. The van der Waals surface area contributed by atoms with Gasteiger partial charge in [-0.25, -0.2) is 4.98 Å². The van der Waals surface area contributed by atoms with Crippen LogP contribution in [0.25, 0.3) is 0 Å². The van der Waals surface area contributed by atoms with Gasteiger partial charge in [0, 0.05) is 13.0 Å². The largest absolute Gasteiger partial charge is 0.491 e. The van der Waals surface area contributed by atoms with Crippen molar-refractivity contribution < 1.29 is 14.5 Å². The lowest BCUT2D eigenvalue weighted by molar-refractivity contribution is 0.0988. The van der Waals surface area contributed by atoms with E-state index in [1.54, 1.807) is 12.1 Å². The summed E-state index contributed by atoms with van der Waals surface area (Å²) in [5.74, 6) is -0.104. The molecular weight excluding hydrogens is 300 g/mol. The summed E-state index contributed by atoms with van der Waals surface area (Å²) in [6.07, 6.45) is 0.988. The molecule has 0 fully saturated rings. The smallest absolute Gasteiger partial charge is 0.423 e. The monoisotopic (exact) mass is 315 g/mol. The van der Waals surface area contributed by atoms with Crippen LogP contribution >= 0.6 is 11.6 Å². The van der Waals surface area contributed by atoms with Gasteiger partial charge in [-0.3, -0.25) is 4.79 Å². The zero-order valence-electron chi connectivity index (χ0n) is 12.2. The minimum absolute atomic E-state index is 0.104. The molecule has 0 spiro atoms. The van der Waals surface area contributed by atoms with Gasteiger partial charge in [-0.1, -0.05) is 35.9 Å². The Morgan fingerprint density at radius 3 is 3.00 bits per heavy atom. The SMILES string of the molecule is Cc1ccc(C(=O)Cc2ccc3c(c2)B(O)OCC3)nc1Cl. The van der Waals surface area contributed by atoms with Gasteiger partial charge in [0.15, 0.2) is 5.78 Å². The summed E-state index contributed by atoms with van der Waals surface area (Å²) in [6.45, 7) is 2.35. The normalized spacial score (nSPS) is 13.9. The fourth-order valence-electron chi connectivity index (χ4n) is 2.52. The Bertz CT molecular complexity index is 735. The Morgan fingerprint density at radius 1 is 1.41 bits per heavy atom. The van der Waals surface area contributed by atoms with E-state index in [2.05, 4.69) is 4.98 Å². The van der Waals surface area contributed by atoms with Crippen molar-refractivity contribution in [2.75, 3.05) is 6.61 Å². The lowest BCUT2D eigenvalue weighted by Crippen LogP contribution is -2.41. The fourth-order valence-corrected chi connectivity index (χ4v) is 2.67. The number of fused-ring (bicyclic) bond motifs is 1. The number of hydrogen-bond donors (Lipinski definition) is 1. The minimum Gasteiger partial charge on any atom is -0.423 e. The van der Waals surface area contributed by atoms with Crippen LogP contribution in [0.1, 0.15) is 27.2 Å². The first-order valence-corrected chi connectivity index (χ1v) is 7.50. The van der Waals surface area contributed by atoms with Crippen LogP contribution in [-0.2, 0) is 17.5 Å². The van der Waals surface area contributed by atoms with E-state index >= 15 is 0 Å². The molecule has 6 heteroatoms. The number of carbonyl (C=O) groups is 1. The molecule has 0 bridgehead atoms. The van der Waals surface area contributed by atoms with E-state index in [-0.39, 0.29) is 12.2 Å². The Morgan fingerprint density at radius 2 is 2.23 bits per heavy atom. The average Bonchev–Trinajstić information content (AvgIpc) is 2.51. The number of halogens is 1. The summed E-state index contributed by atoms with van der Waals surface area (Å²) >= 11 is 5.96. The van der Waals surface area contributed by atoms with Crippen molar-refractivity contribution >= 4 is 30.0 Å². The van der Waals surface area contributed by atoms with Gasteiger partial charge < -0.3 is 9.68 Å². The summed E-state index contributed by atoms with van der Waals surface area (Å²) in [7, 11) is -0.911. The van der Waals surface area contributed by atoms with Crippen LogP contribution < -0.4 is 5.46 Å². The lowest BCUT2D eigenvalue weighted by atomic mass is 9.73. The average molecular weight is 316 g/mol. The summed E-state index contributed by atoms with van der Waals surface area (Å²) in [6, 6.07) is 9.14. The van der Waals surface area contributed by atoms with Crippen molar-refractivity contribution in [1.82, 2.24) is 4.98 Å². The quantitative estimate of drug-likeness (QED) is 0.532. The molecule has 3 rings (SSSR count). The highest BCUT2D eigenvalue weighted by Gasteiger charge is 2.25. The van der Waals surface area contributed by atoms with Crippen molar-refractivity contribution in [3.05, 3.63) is 57.9 Å². The predicted octanol–water partition coefficient (Wildman–Crippen LogP) is 1.73. The van der Waals surface area contributed by atoms with Crippen LogP contribution in [0.5, 0.6) is 0 Å². The molecular formula is C16H15BClNO3. The maximum Gasteiger partial charge on any atom is 0.491 e. The standard InChI is InChI=1S/C16H15BClNO3/c1-10-2-5-14(19-16(10)18)15(20)9-11-3-4-12-6-7-22-17(21)13(12)8-11/h2-5,8,21H,6-7,9H2,1H3. The van der Waals surface area contributed by atoms with Crippen LogP contribution in [-0.4, -0.2) is 29.5 Å². The first kappa shape index (κ1) is 15.2. The number of rotatable bonds is 3. The first-order valence-electron chi connectivity index (χ1n) is 7.12. The Kier molecular flexibility index (Phi) is 4.29. The van der Waals surface area contributed by atoms with Crippen molar-refractivity contribution in [3.8, 4) is 0 Å². The minimum atomic E-state index is -0.911. The van der Waals surface area contributed by atoms with Gasteiger partial charge in [-0.05, 0) is 41.6 Å². The molecule has 0 unspecified atom stereocenters. The van der Waals surface area contributed by atoms with E-state index in [0.29, 0.717) is 17.5 Å². The predicted molar refractivity (Wildman–Crippen MR) is 85.7 cm³/mol. The van der Waals surface area contributed by atoms with E-state index in [1.807, 2.05) is 25.1 Å². The maximum atomic E-state index is 12.3. The third-order valence-corrected chi connectivity index (χ3v) is 4.19. The van der Waals surface area contributed by atoms with Crippen LogP contribution in [0, 0.1) is 6.92 Å². The summed E-state index contributed by atoms with van der Waals surface area (Å²) in [5, 5.41) is 10.2. The lowest BCUT2D eigenvalue weighted by Gasteiger charge is -2.19. The van der Waals surface area contributed by atoms with E-state index in [9.17, 15) is 9.82 Å². The second kappa shape index (κ2) is 6.20. The Hall–Kier alpha value is -1.69. The molecule has 0 aliphatic carbocycles. The molecule has 1 N–H and O–H groups in total. The van der Waals surface area contributed by atoms with Gasteiger partial charge in [0.25, 0.3) is 0 Å². The van der Waals surface area contributed by atoms with E-state index in [1.165, 1.54) is 0 Å². The molecule has 0 radical (unpaired) electrons. The molecule has 4 nitrogen and oxygen atoms in total. The van der Waals surface area contributed by atoms with Crippen LogP contribution in [0.4, 0.5) is 0 Å². The molecule has 22 heavy (non-hydrogen) atoms. The van der Waals surface area contributed by atoms with Crippen LogP contribution in [0.2, 0.25) is 5.15 Å². The van der Waals surface area contributed by atoms with E-state index in [4.69, 9.17) is 16.3 Å². The molecule has 112 valence electrons. The van der Waals surface area contributed by atoms with Gasteiger partial charge in [0.2, 0.25) is 0 Å². The second-order valence-corrected chi connectivity index (χ2v) is 5.77. The van der Waals surface area contributed by atoms with Gasteiger partial charge in [-0.15, -0.1) is 0 Å².